The molecular formula is C8H12IN3. The Morgan fingerprint density at radius 2 is 1.50 bits per heavy atom. The van der Waals surface area contributed by atoms with E-state index in [9.17, 15) is 0 Å². The molecule has 4 heteroatoms. The average Bonchev–Trinajstić information content (AvgIpc) is 1.99. The lowest BCUT2D eigenvalue weighted by Crippen LogP contribution is -2.14. The van der Waals surface area contributed by atoms with Crippen molar-refractivity contribution in [3.8, 4) is 0 Å². The molecule has 1 aromatic heterocycles. The van der Waals surface area contributed by atoms with Gasteiger partial charge in [-0.25, -0.2) is 9.97 Å². The lowest BCUT2D eigenvalue weighted by atomic mass is 10.3. The Balaban J connectivity index is 3.21. The van der Waals surface area contributed by atoms with Gasteiger partial charge in [0.25, 0.3) is 0 Å². The van der Waals surface area contributed by atoms with E-state index in [0.717, 1.165) is 20.9 Å². The first-order valence-electron chi connectivity index (χ1n) is 3.70. The zero-order valence-corrected chi connectivity index (χ0v) is 9.88. The number of halogens is 1. The van der Waals surface area contributed by atoms with Gasteiger partial charge in [0, 0.05) is 14.1 Å². The van der Waals surface area contributed by atoms with Crippen molar-refractivity contribution in [2.45, 2.75) is 13.8 Å². The molecule has 0 unspecified atom stereocenters. The highest BCUT2D eigenvalue weighted by atomic mass is 127. The molecule has 0 aliphatic heterocycles. The molecule has 0 spiro atoms. The SMILES string of the molecule is Cc1nc(N(C)C)nc(C)c1I. The van der Waals surface area contributed by atoms with Gasteiger partial charge in [-0.3, -0.25) is 0 Å². The van der Waals surface area contributed by atoms with Crippen LogP contribution < -0.4 is 4.90 Å². The number of anilines is 1. The van der Waals surface area contributed by atoms with Gasteiger partial charge >= 0.3 is 0 Å². The van der Waals surface area contributed by atoms with Crippen LogP contribution in [-0.2, 0) is 0 Å². The maximum absolute atomic E-state index is 4.34. The van der Waals surface area contributed by atoms with Gasteiger partial charge in [0.15, 0.2) is 0 Å². The van der Waals surface area contributed by atoms with Gasteiger partial charge in [0.2, 0.25) is 5.95 Å². The third-order valence-corrected chi connectivity index (χ3v) is 3.13. The maximum Gasteiger partial charge on any atom is 0.225 e. The molecule has 0 aromatic carbocycles. The summed E-state index contributed by atoms with van der Waals surface area (Å²) in [7, 11) is 3.89. The number of aryl methyl sites for hydroxylation is 2. The Morgan fingerprint density at radius 3 is 1.83 bits per heavy atom. The molecule has 0 amide bonds. The molecule has 12 heavy (non-hydrogen) atoms. The molecule has 0 aliphatic rings. The van der Waals surface area contributed by atoms with Gasteiger partial charge in [0.1, 0.15) is 0 Å². The van der Waals surface area contributed by atoms with Gasteiger partial charge in [0.05, 0.1) is 15.0 Å². The minimum absolute atomic E-state index is 0.783. The topological polar surface area (TPSA) is 29.0 Å². The first-order chi connectivity index (χ1) is 5.52. The van der Waals surface area contributed by atoms with Crippen LogP contribution in [0.3, 0.4) is 0 Å². The van der Waals surface area contributed by atoms with Gasteiger partial charge in [-0.05, 0) is 36.4 Å². The van der Waals surface area contributed by atoms with Gasteiger partial charge in [-0.1, -0.05) is 0 Å². The summed E-state index contributed by atoms with van der Waals surface area (Å²) in [5.41, 5.74) is 2.10. The molecule has 1 rings (SSSR count). The van der Waals surface area contributed by atoms with E-state index in [4.69, 9.17) is 0 Å². The Hall–Kier alpha value is -0.390. The summed E-state index contributed by atoms with van der Waals surface area (Å²) < 4.78 is 1.15. The van der Waals surface area contributed by atoms with Crippen molar-refractivity contribution in [3.05, 3.63) is 15.0 Å². The van der Waals surface area contributed by atoms with E-state index in [2.05, 4.69) is 32.6 Å². The van der Waals surface area contributed by atoms with Gasteiger partial charge in [-0.15, -0.1) is 0 Å². The molecule has 1 aromatic rings. The molecule has 0 fully saturated rings. The average molecular weight is 277 g/mol. The second kappa shape index (κ2) is 3.55. The van der Waals surface area contributed by atoms with Crippen LogP contribution in [0.5, 0.6) is 0 Å². The smallest absolute Gasteiger partial charge is 0.225 e. The second-order valence-corrected chi connectivity index (χ2v) is 3.98. The first kappa shape index (κ1) is 9.70. The monoisotopic (exact) mass is 277 g/mol. The van der Waals surface area contributed by atoms with E-state index < -0.39 is 0 Å². The third kappa shape index (κ3) is 1.85. The Labute approximate surface area is 86.4 Å². The van der Waals surface area contributed by atoms with Gasteiger partial charge < -0.3 is 4.90 Å². The van der Waals surface area contributed by atoms with Crippen LogP contribution in [0, 0.1) is 17.4 Å². The highest BCUT2D eigenvalue weighted by Crippen LogP contribution is 2.15. The maximum atomic E-state index is 4.34. The standard InChI is InChI=1S/C8H12IN3/c1-5-7(9)6(2)11-8(10-5)12(3)4/h1-4H3. The highest BCUT2D eigenvalue weighted by Gasteiger charge is 2.05. The van der Waals surface area contributed by atoms with E-state index in [1.165, 1.54) is 0 Å². The van der Waals surface area contributed by atoms with Crippen LogP contribution in [0.25, 0.3) is 0 Å². The fourth-order valence-electron chi connectivity index (χ4n) is 0.885. The van der Waals surface area contributed by atoms with Crippen LogP contribution in [0.15, 0.2) is 0 Å². The lowest BCUT2D eigenvalue weighted by molar-refractivity contribution is 0.945. The van der Waals surface area contributed by atoms with Crippen LogP contribution in [0.4, 0.5) is 5.95 Å². The predicted molar refractivity (Wildman–Crippen MR) is 58.6 cm³/mol. The zero-order valence-electron chi connectivity index (χ0n) is 7.72. The van der Waals surface area contributed by atoms with Gasteiger partial charge in [-0.2, -0.15) is 0 Å². The molecule has 3 nitrogen and oxygen atoms in total. The third-order valence-electron chi connectivity index (χ3n) is 1.57. The van der Waals surface area contributed by atoms with E-state index in [-0.39, 0.29) is 0 Å². The minimum atomic E-state index is 0.783. The summed E-state index contributed by atoms with van der Waals surface area (Å²) in [5.74, 6) is 0.783. The number of nitrogens with zero attached hydrogens (tertiary/aromatic N) is 3. The van der Waals surface area contributed by atoms with E-state index in [1.54, 1.807) is 0 Å². The Morgan fingerprint density at radius 1 is 1.08 bits per heavy atom. The van der Waals surface area contributed by atoms with E-state index in [1.807, 2.05) is 32.8 Å². The van der Waals surface area contributed by atoms with Crippen LogP contribution >= 0.6 is 22.6 Å². The molecule has 0 radical (unpaired) electrons. The quantitative estimate of drug-likeness (QED) is 0.732. The van der Waals surface area contributed by atoms with Crippen molar-refractivity contribution >= 4 is 28.5 Å². The molecule has 1 heterocycles. The molecule has 0 N–H and O–H groups in total. The zero-order chi connectivity index (χ0) is 9.30. The van der Waals surface area contributed by atoms with Crippen LogP contribution in [0.2, 0.25) is 0 Å². The van der Waals surface area contributed by atoms with Crippen molar-refractivity contribution in [2.75, 3.05) is 19.0 Å². The van der Waals surface area contributed by atoms with Crippen molar-refractivity contribution in [2.24, 2.45) is 0 Å². The minimum Gasteiger partial charge on any atom is -0.347 e. The molecular weight excluding hydrogens is 265 g/mol. The van der Waals surface area contributed by atoms with Crippen molar-refractivity contribution < 1.29 is 0 Å². The predicted octanol–water partition coefficient (Wildman–Crippen LogP) is 1.76. The molecule has 0 atom stereocenters. The largest absolute Gasteiger partial charge is 0.347 e. The summed E-state index contributed by atoms with van der Waals surface area (Å²) in [6.07, 6.45) is 0. The summed E-state index contributed by atoms with van der Waals surface area (Å²) in [4.78, 5) is 10.6. The van der Waals surface area contributed by atoms with Crippen molar-refractivity contribution in [3.63, 3.8) is 0 Å². The van der Waals surface area contributed by atoms with E-state index in [0.29, 0.717) is 0 Å². The van der Waals surface area contributed by atoms with Crippen LogP contribution in [0.1, 0.15) is 11.4 Å². The van der Waals surface area contributed by atoms with Crippen molar-refractivity contribution in [1.29, 1.82) is 0 Å². The molecule has 0 saturated carbocycles. The fourth-order valence-corrected chi connectivity index (χ4v) is 1.13. The molecule has 66 valence electrons. The summed E-state index contributed by atoms with van der Waals surface area (Å²) in [6, 6.07) is 0. The Kier molecular flexibility index (Phi) is 2.87. The fraction of sp³-hybridized carbons (Fsp3) is 0.500. The van der Waals surface area contributed by atoms with Crippen molar-refractivity contribution in [1.82, 2.24) is 9.97 Å². The molecule has 0 bridgehead atoms. The molecule has 0 aliphatic carbocycles. The first-order valence-corrected chi connectivity index (χ1v) is 4.78. The Bertz CT molecular complexity index is 273. The normalized spacial score (nSPS) is 10.1. The number of hydrogen-bond donors (Lipinski definition) is 0. The highest BCUT2D eigenvalue weighted by molar-refractivity contribution is 14.1. The summed E-state index contributed by atoms with van der Waals surface area (Å²) >= 11 is 2.27. The second-order valence-electron chi connectivity index (χ2n) is 2.90. The molecule has 0 saturated heterocycles. The van der Waals surface area contributed by atoms with E-state index >= 15 is 0 Å². The lowest BCUT2D eigenvalue weighted by Gasteiger charge is -2.12. The summed E-state index contributed by atoms with van der Waals surface area (Å²) in [5, 5.41) is 0. The number of rotatable bonds is 1. The number of aromatic nitrogens is 2. The summed E-state index contributed by atoms with van der Waals surface area (Å²) in [6.45, 7) is 4.01. The number of hydrogen-bond acceptors (Lipinski definition) is 3. The van der Waals surface area contributed by atoms with Crippen LogP contribution in [-0.4, -0.2) is 24.1 Å².